The molecule has 0 bridgehead atoms. The van der Waals surface area contributed by atoms with Crippen molar-refractivity contribution in [2.45, 2.75) is 0 Å². The van der Waals surface area contributed by atoms with E-state index < -0.39 is 0 Å². The summed E-state index contributed by atoms with van der Waals surface area (Å²) in [5, 5.41) is 22.2. The normalized spacial score (nSPS) is 7.58. The van der Waals surface area contributed by atoms with Crippen molar-refractivity contribution in [3.63, 3.8) is 0 Å². The molecule has 6 heteroatoms. The molecule has 0 aliphatic rings. The average Bonchev–Trinajstić information content (AvgIpc) is 2.08. The summed E-state index contributed by atoms with van der Waals surface area (Å²) in [7, 11) is 0.662. The first-order valence-corrected chi connectivity index (χ1v) is 3.13. The molecule has 0 aliphatic carbocycles. The Bertz CT molecular complexity index is 182. The van der Waals surface area contributed by atoms with E-state index in [-0.39, 0.29) is 7.69 Å². The number of hydrogen-bond donors (Lipinski definition) is 3. The molecule has 3 N–H and O–H groups in total. The Morgan fingerprint density at radius 1 is 1.00 bits per heavy atom. The van der Waals surface area contributed by atoms with Crippen molar-refractivity contribution in [2.24, 2.45) is 0 Å². The van der Waals surface area contributed by atoms with Crippen LogP contribution in [-0.4, -0.2) is 30.4 Å². The molecule has 4 nitrogen and oxygen atoms in total. The third-order valence-corrected chi connectivity index (χ3v) is 0.932. The molecular weight excluding hydrogens is 158 g/mol. The standard InChI is InChI=1S/C6H6BO2.BH2O2/c8-7-9-6-4-2-1-3-5-6;2-1-3/h1-5,8H;2-3H. The lowest BCUT2D eigenvalue weighted by Crippen LogP contribution is -1.98. The Morgan fingerprint density at radius 3 is 1.92 bits per heavy atom. The van der Waals surface area contributed by atoms with Crippen LogP contribution in [0.3, 0.4) is 0 Å². The summed E-state index contributed by atoms with van der Waals surface area (Å²) in [6.45, 7) is 0. The van der Waals surface area contributed by atoms with Crippen LogP contribution in [0.15, 0.2) is 30.3 Å². The SMILES string of the molecule is O[B]O.O[B]Oc1ccccc1. The van der Waals surface area contributed by atoms with Crippen molar-refractivity contribution >= 4 is 15.4 Å². The lowest BCUT2D eigenvalue weighted by atomic mass is 10.3. The summed E-state index contributed by atoms with van der Waals surface area (Å²) in [6.07, 6.45) is 0. The van der Waals surface area contributed by atoms with Crippen LogP contribution < -0.4 is 4.65 Å². The van der Waals surface area contributed by atoms with Crippen molar-refractivity contribution in [3.8, 4) is 5.75 Å². The summed E-state index contributed by atoms with van der Waals surface area (Å²) >= 11 is 0. The Kier molecular flexibility index (Phi) is 7.47. The number of rotatable bonds is 2. The van der Waals surface area contributed by atoms with Gasteiger partial charge >= 0.3 is 15.4 Å². The molecule has 1 rings (SSSR count). The van der Waals surface area contributed by atoms with Gasteiger partial charge in [-0.3, -0.25) is 0 Å². The van der Waals surface area contributed by atoms with Crippen LogP contribution in [0.2, 0.25) is 0 Å². The zero-order valence-corrected chi connectivity index (χ0v) is 6.29. The van der Waals surface area contributed by atoms with E-state index in [1.165, 1.54) is 0 Å². The van der Waals surface area contributed by atoms with E-state index in [4.69, 9.17) is 15.1 Å². The van der Waals surface area contributed by atoms with Crippen LogP contribution in [0.1, 0.15) is 0 Å². The van der Waals surface area contributed by atoms with Crippen LogP contribution in [0, 0.1) is 0 Å². The minimum atomic E-state index is 0. The first-order valence-electron chi connectivity index (χ1n) is 3.13. The summed E-state index contributed by atoms with van der Waals surface area (Å²) in [6, 6.07) is 9.06. The molecule has 0 unspecified atom stereocenters. The first kappa shape index (κ1) is 11.0. The minimum Gasteiger partial charge on any atom is -0.537 e. The van der Waals surface area contributed by atoms with Crippen LogP contribution >= 0.6 is 0 Å². The molecule has 0 heterocycles. The zero-order chi connectivity index (χ0) is 9.23. The maximum absolute atomic E-state index is 8.17. The third-order valence-electron chi connectivity index (χ3n) is 0.932. The van der Waals surface area contributed by atoms with Gasteiger partial charge in [0.25, 0.3) is 0 Å². The fraction of sp³-hybridized carbons (Fsp3) is 0. The molecule has 1 aromatic carbocycles. The molecule has 0 saturated heterocycles. The lowest BCUT2D eigenvalue weighted by molar-refractivity contribution is 0.448. The van der Waals surface area contributed by atoms with Crippen molar-refractivity contribution < 1.29 is 19.7 Å². The molecule has 0 saturated carbocycles. The minimum absolute atomic E-state index is 0. The number of hydrogen-bond acceptors (Lipinski definition) is 4. The van der Waals surface area contributed by atoms with E-state index in [1.54, 1.807) is 12.1 Å². The molecule has 0 aliphatic heterocycles. The second-order valence-electron chi connectivity index (χ2n) is 1.65. The largest absolute Gasteiger partial charge is 0.569 e. The molecule has 0 spiro atoms. The van der Waals surface area contributed by atoms with Crippen molar-refractivity contribution in [3.05, 3.63) is 30.3 Å². The van der Waals surface area contributed by atoms with Gasteiger partial charge in [0, 0.05) is 0 Å². The number of benzene rings is 1. The predicted molar refractivity (Wildman–Crippen MR) is 45.2 cm³/mol. The van der Waals surface area contributed by atoms with Crippen molar-refractivity contribution in [2.75, 3.05) is 0 Å². The van der Waals surface area contributed by atoms with Gasteiger partial charge in [-0.15, -0.1) is 0 Å². The van der Waals surface area contributed by atoms with Crippen LogP contribution in [0.25, 0.3) is 0 Å². The summed E-state index contributed by atoms with van der Waals surface area (Å²) in [5.41, 5.74) is 0. The highest BCUT2D eigenvalue weighted by Crippen LogP contribution is 2.06. The quantitative estimate of drug-likeness (QED) is 0.497. The van der Waals surface area contributed by atoms with Gasteiger partial charge < -0.3 is 19.7 Å². The summed E-state index contributed by atoms with van der Waals surface area (Å²) in [5.74, 6) is 0.639. The molecule has 0 aromatic heterocycles. The Morgan fingerprint density at radius 2 is 1.50 bits per heavy atom. The molecule has 62 valence electrons. The highest BCUT2D eigenvalue weighted by molar-refractivity contribution is 6.17. The van der Waals surface area contributed by atoms with Gasteiger partial charge in [-0.1, -0.05) is 18.2 Å². The van der Waals surface area contributed by atoms with Gasteiger partial charge in [-0.2, -0.15) is 0 Å². The highest BCUT2D eigenvalue weighted by Gasteiger charge is 1.88. The van der Waals surface area contributed by atoms with E-state index in [0.29, 0.717) is 13.4 Å². The fourth-order valence-corrected chi connectivity index (χ4v) is 0.560. The topological polar surface area (TPSA) is 69.9 Å². The Labute approximate surface area is 72.0 Å². The molecule has 12 heavy (non-hydrogen) atoms. The van der Waals surface area contributed by atoms with Crippen LogP contribution in [0.5, 0.6) is 5.75 Å². The van der Waals surface area contributed by atoms with E-state index >= 15 is 0 Å². The van der Waals surface area contributed by atoms with Gasteiger partial charge in [0.1, 0.15) is 0 Å². The fourth-order valence-electron chi connectivity index (χ4n) is 0.560. The molecule has 0 fully saturated rings. The van der Waals surface area contributed by atoms with Gasteiger partial charge in [0.15, 0.2) is 0 Å². The third kappa shape index (κ3) is 5.79. The summed E-state index contributed by atoms with van der Waals surface area (Å²) < 4.78 is 4.64. The zero-order valence-electron chi connectivity index (χ0n) is 6.29. The van der Waals surface area contributed by atoms with Gasteiger partial charge in [-0.05, 0) is 12.1 Å². The second kappa shape index (κ2) is 8.13. The maximum Gasteiger partial charge on any atom is 0.569 e. The van der Waals surface area contributed by atoms with Gasteiger partial charge in [0.2, 0.25) is 0 Å². The smallest absolute Gasteiger partial charge is 0.537 e. The Balaban J connectivity index is 0.000000354. The molecule has 1 aromatic rings. The van der Waals surface area contributed by atoms with E-state index in [9.17, 15) is 0 Å². The molecular formula is C6H8B2O4. The van der Waals surface area contributed by atoms with E-state index in [1.807, 2.05) is 18.2 Å². The summed E-state index contributed by atoms with van der Waals surface area (Å²) in [4.78, 5) is 0. The van der Waals surface area contributed by atoms with Gasteiger partial charge in [0.05, 0.1) is 5.75 Å². The second-order valence-corrected chi connectivity index (χ2v) is 1.65. The highest BCUT2D eigenvalue weighted by atomic mass is 16.5. The van der Waals surface area contributed by atoms with Crippen LogP contribution in [0.4, 0.5) is 0 Å². The van der Waals surface area contributed by atoms with E-state index in [2.05, 4.69) is 4.65 Å². The average molecular weight is 166 g/mol. The van der Waals surface area contributed by atoms with Crippen molar-refractivity contribution in [1.82, 2.24) is 0 Å². The lowest BCUT2D eigenvalue weighted by Gasteiger charge is -1.97. The monoisotopic (exact) mass is 166 g/mol. The number of para-hydroxylation sites is 1. The molecule has 0 amide bonds. The molecule has 2 radical (unpaired) electrons. The Hall–Kier alpha value is -0.970. The van der Waals surface area contributed by atoms with Crippen LogP contribution in [-0.2, 0) is 0 Å². The van der Waals surface area contributed by atoms with Gasteiger partial charge in [-0.25, -0.2) is 0 Å². The van der Waals surface area contributed by atoms with E-state index in [0.717, 1.165) is 0 Å². The van der Waals surface area contributed by atoms with Crippen molar-refractivity contribution in [1.29, 1.82) is 0 Å². The first-order chi connectivity index (χ1) is 5.85. The molecule has 0 atom stereocenters. The maximum atomic E-state index is 8.17. The predicted octanol–water partition coefficient (Wildman–Crippen LogP) is -0.903.